The second-order valence-corrected chi connectivity index (χ2v) is 6.87. The van der Waals surface area contributed by atoms with Gasteiger partial charge in [-0.05, 0) is 66.2 Å². The highest BCUT2D eigenvalue weighted by molar-refractivity contribution is 6.07. The molecule has 3 aromatic rings. The highest BCUT2D eigenvalue weighted by atomic mass is 19.1. The van der Waals surface area contributed by atoms with Gasteiger partial charge >= 0.3 is 0 Å². The van der Waals surface area contributed by atoms with Crippen LogP contribution in [0.3, 0.4) is 0 Å². The first-order valence-electron chi connectivity index (χ1n) is 9.80. The average Bonchev–Trinajstić information content (AvgIpc) is 2.82. The number of ether oxygens (including phenoxy) is 4. The minimum Gasteiger partial charge on any atom is -0.496 e. The molecule has 0 unspecified atom stereocenters. The number of hydrogen-bond donors (Lipinski definition) is 0. The van der Waals surface area contributed by atoms with E-state index in [-0.39, 0.29) is 18.2 Å². The predicted molar refractivity (Wildman–Crippen MR) is 115 cm³/mol. The van der Waals surface area contributed by atoms with Crippen LogP contribution >= 0.6 is 0 Å². The summed E-state index contributed by atoms with van der Waals surface area (Å²) in [5, 5.41) is 0. The number of halogens is 1. The second-order valence-electron chi connectivity index (χ2n) is 6.87. The zero-order chi connectivity index (χ0) is 21.6. The Morgan fingerprint density at radius 2 is 1.77 bits per heavy atom. The van der Waals surface area contributed by atoms with E-state index in [1.54, 1.807) is 43.5 Å². The molecule has 1 aliphatic rings. The largest absolute Gasteiger partial charge is 0.496 e. The molecule has 3 aromatic carbocycles. The third-order valence-corrected chi connectivity index (χ3v) is 4.77. The van der Waals surface area contributed by atoms with Crippen LogP contribution in [0.15, 0.2) is 66.7 Å². The molecule has 0 fully saturated rings. The number of ketones is 1. The lowest BCUT2D eigenvalue weighted by Gasteiger charge is -2.18. The standard InChI is InChI=1S/C25H21FO5/c1-28-23-10-3-17(14-19(23)16-31-21-7-5-20(26)6-8-21)2-9-22(27)18-4-11-24-25(15-18)30-13-12-29-24/h2-11,14-15H,12-13,16H2,1H3/b9-2+. The SMILES string of the molecule is COc1ccc(/C=C/C(=O)c2ccc3c(c2)OCCO3)cc1COc1ccc(F)cc1. The van der Waals surface area contributed by atoms with Gasteiger partial charge in [0.1, 0.15) is 37.1 Å². The van der Waals surface area contributed by atoms with Crippen LogP contribution in [-0.2, 0) is 6.61 Å². The third kappa shape index (κ3) is 5.04. The topological polar surface area (TPSA) is 54.0 Å². The summed E-state index contributed by atoms with van der Waals surface area (Å²) >= 11 is 0. The Bertz CT molecular complexity index is 1110. The van der Waals surface area contributed by atoms with Gasteiger partial charge in [-0.3, -0.25) is 4.79 Å². The normalized spacial score (nSPS) is 12.6. The van der Waals surface area contributed by atoms with Crippen LogP contribution in [0.5, 0.6) is 23.0 Å². The Morgan fingerprint density at radius 1 is 1.00 bits per heavy atom. The Kier molecular flexibility index (Phi) is 6.17. The molecule has 0 amide bonds. The molecule has 4 rings (SSSR count). The molecular weight excluding hydrogens is 399 g/mol. The highest BCUT2D eigenvalue weighted by Crippen LogP contribution is 2.31. The molecule has 0 N–H and O–H groups in total. The van der Waals surface area contributed by atoms with Crippen molar-refractivity contribution in [1.82, 2.24) is 0 Å². The first-order chi connectivity index (χ1) is 15.1. The molecule has 31 heavy (non-hydrogen) atoms. The van der Waals surface area contributed by atoms with Crippen LogP contribution in [-0.4, -0.2) is 26.1 Å². The molecule has 1 aliphatic heterocycles. The Balaban J connectivity index is 1.47. The fourth-order valence-electron chi connectivity index (χ4n) is 3.17. The second kappa shape index (κ2) is 9.34. The monoisotopic (exact) mass is 420 g/mol. The number of allylic oxidation sites excluding steroid dienone is 1. The number of rotatable bonds is 7. The molecule has 0 radical (unpaired) electrons. The number of hydrogen-bond acceptors (Lipinski definition) is 5. The van der Waals surface area contributed by atoms with E-state index in [4.69, 9.17) is 18.9 Å². The van der Waals surface area contributed by atoms with Crippen molar-refractivity contribution in [1.29, 1.82) is 0 Å². The zero-order valence-corrected chi connectivity index (χ0v) is 17.0. The Labute approximate surface area is 179 Å². The van der Waals surface area contributed by atoms with Crippen molar-refractivity contribution in [3.05, 3.63) is 89.2 Å². The molecule has 0 aromatic heterocycles. The summed E-state index contributed by atoms with van der Waals surface area (Å²) in [6, 6.07) is 16.5. The van der Waals surface area contributed by atoms with E-state index < -0.39 is 0 Å². The van der Waals surface area contributed by atoms with Gasteiger partial charge in [0, 0.05) is 11.1 Å². The van der Waals surface area contributed by atoms with Crippen molar-refractivity contribution in [2.75, 3.05) is 20.3 Å². The Morgan fingerprint density at radius 3 is 2.55 bits per heavy atom. The number of methoxy groups -OCH3 is 1. The van der Waals surface area contributed by atoms with Crippen molar-refractivity contribution in [3.63, 3.8) is 0 Å². The third-order valence-electron chi connectivity index (χ3n) is 4.77. The van der Waals surface area contributed by atoms with Crippen molar-refractivity contribution in [2.45, 2.75) is 6.61 Å². The summed E-state index contributed by atoms with van der Waals surface area (Å²) in [6.45, 7) is 1.21. The van der Waals surface area contributed by atoms with Crippen LogP contribution in [0.25, 0.3) is 6.08 Å². The fraction of sp³-hybridized carbons (Fsp3) is 0.160. The zero-order valence-electron chi connectivity index (χ0n) is 17.0. The van der Waals surface area contributed by atoms with Crippen LogP contribution < -0.4 is 18.9 Å². The molecule has 0 aliphatic carbocycles. The summed E-state index contributed by atoms with van der Waals surface area (Å²) in [5.74, 6) is 1.98. The van der Waals surface area contributed by atoms with Gasteiger partial charge in [0.25, 0.3) is 0 Å². The van der Waals surface area contributed by atoms with Crippen LogP contribution in [0.1, 0.15) is 21.5 Å². The number of fused-ring (bicyclic) bond motifs is 1. The van der Waals surface area contributed by atoms with E-state index in [9.17, 15) is 9.18 Å². The quantitative estimate of drug-likeness (QED) is 0.394. The summed E-state index contributed by atoms with van der Waals surface area (Å²) in [7, 11) is 1.58. The van der Waals surface area contributed by atoms with E-state index >= 15 is 0 Å². The fourth-order valence-corrected chi connectivity index (χ4v) is 3.17. The van der Waals surface area contributed by atoms with Crippen molar-refractivity contribution in [3.8, 4) is 23.0 Å². The number of carbonyl (C=O) groups excluding carboxylic acids is 1. The van der Waals surface area contributed by atoms with Crippen LogP contribution in [0, 0.1) is 5.82 Å². The number of carbonyl (C=O) groups is 1. The molecule has 0 bridgehead atoms. The maximum atomic E-state index is 13.1. The summed E-state index contributed by atoms with van der Waals surface area (Å²) in [4.78, 5) is 12.6. The van der Waals surface area contributed by atoms with E-state index in [1.807, 2.05) is 18.2 Å². The van der Waals surface area contributed by atoms with Gasteiger partial charge in [-0.25, -0.2) is 4.39 Å². The maximum absolute atomic E-state index is 13.1. The van der Waals surface area contributed by atoms with Crippen molar-refractivity contribution in [2.24, 2.45) is 0 Å². The van der Waals surface area contributed by atoms with Crippen molar-refractivity contribution >= 4 is 11.9 Å². The van der Waals surface area contributed by atoms with E-state index in [0.717, 1.165) is 11.1 Å². The molecular formula is C25H21FO5. The lowest BCUT2D eigenvalue weighted by Crippen LogP contribution is -2.15. The molecule has 5 nitrogen and oxygen atoms in total. The predicted octanol–water partition coefficient (Wildman–Crippen LogP) is 5.08. The first kappa shape index (κ1) is 20.5. The Hall–Kier alpha value is -3.80. The van der Waals surface area contributed by atoms with Gasteiger partial charge < -0.3 is 18.9 Å². The molecule has 0 atom stereocenters. The average molecular weight is 420 g/mol. The lowest BCUT2D eigenvalue weighted by atomic mass is 10.1. The maximum Gasteiger partial charge on any atom is 0.185 e. The smallest absolute Gasteiger partial charge is 0.185 e. The first-order valence-corrected chi connectivity index (χ1v) is 9.80. The van der Waals surface area contributed by atoms with Gasteiger partial charge in [0.15, 0.2) is 17.3 Å². The van der Waals surface area contributed by atoms with Crippen LogP contribution in [0.2, 0.25) is 0 Å². The van der Waals surface area contributed by atoms with E-state index in [2.05, 4.69) is 0 Å². The summed E-state index contributed by atoms with van der Waals surface area (Å²) < 4.78 is 35.2. The molecule has 6 heteroatoms. The minimum absolute atomic E-state index is 0.142. The lowest BCUT2D eigenvalue weighted by molar-refractivity contribution is 0.104. The molecule has 1 heterocycles. The van der Waals surface area contributed by atoms with Gasteiger partial charge in [-0.1, -0.05) is 12.1 Å². The van der Waals surface area contributed by atoms with Gasteiger partial charge in [-0.2, -0.15) is 0 Å². The number of benzene rings is 3. The molecule has 0 spiro atoms. The minimum atomic E-state index is -0.320. The molecule has 0 saturated carbocycles. The van der Waals surface area contributed by atoms with E-state index in [1.165, 1.54) is 18.2 Å². The molecule has 0 saturated heterocycles. The molecule has 158 valence electrons. The van der Waals surface area contributed by atoms with Gasteiger partial charge in [0.05, 0.1) is 7.11 Å². The van der Waals surface area contributed by atoms with Gasteiger partial charge in [-0.15, -0.1) is 0 Å². The van der Waals surface area contributed by atoms with E-state index in [0.29, 0.717) is 41.8 Å². The highest BCUT2D eigenvalue weighted by Gasteiger charge is 2.14. The van der Waals surface area contributed by atoms with Gasteiger partial charge in [0.2, 0.25) is 0 Å². The van der Waals surface area contributed by atoms with Crippen LogP contribution in [0.4, 0.5) is 4.39 Å². The van der Waals surface area contributed by atoms with Crippen molar-refractivity contribution < 1.29 is 28.1 Å². The summed E-state index contributed by atoms with van der Waals surface area (Å²) in [5.41, 5.74) is 2.15. The summed E-state index contributed by atoms with van der Waals surface area (Å²) in [6.07, 6.45) is 3.25.